The van der Waals surface area contributed by atoms with Gasteiger partial charge in [0.15, 0.2) is 5.82 Å². The van der Waals surface area contributed by atoms with Crippen LogP contribution < -0.4 is 5.32 Å². The zero-order valence-electron chi connectivity index (χ0n) is 13.6. The lowest BCUT2D eigenvalue weighted by Crippen LogP contribution is -2.52. The summed E-state index contributed by atoms with van der Waals surface area (Å²) >= 11 is 0. The number of nitrogens with zero attached hydrogens (tertiary/aromatic N) is 3. The summed E-state index contributed by atoms with van der Waals surface area (Å²) in [7, 11) is 0. The van der Waals surface area contributed by atoms with Crippen molar-refractivity contribution in [1.82, 2.24) is 20.4 Å². The molecule has 1 aliphatic carbocycles. The molecule has 7 heteroatoms. The van der Waals surface area contributed by atoms with Gasteiger partial charge in [-0.15, -0.1) is 12.4 Å². The molecule has 1 atom stereocenters. The van der Waals surface area contributed by atoms with E-state index in [1.807, 2.05) is 29.2 Å². The van der Waals surface area contributed by atoms with Gasteiger partial charge in [-0.2, -0.15) is 4.98 Å². The second kappa shape index (κ2) is 6.91. The molecule has 1 N–H and O–H groups in total. The molecule has 2 fully saturated rings. The molecular weight excluding hydrogens is 328 g/mol. The van der Waals surface area contributed by atoms with Gasteiger partial charge in [0.1, 0.15) is 0 Å². The third-order valence-electron chi connectivity index (χ3n) is 4.53. The summed E-state index contributed by atoms with van der Waals surface area (Å²) in [6, 6.07) is 7.66. The standard InChI is InChI=1S/C17H20N4O2.ClH/c1-11-10-18-8-9-21(11)17(22)14-6-4-13(5-7-14)16-19-15(20-23-16)12-2-3-12;/h4-7,11-12,18H,2-3,8-10H2,1H3;1H/t11-;/m0./s1. The molecule has 1 aromatic carbocycles. The lowest BCUT2D eigenvalue weighted by molar-refractivity contribution is 0.0656. The van der Waals surface area contributed by atoms with Crippen LogP contribution in [-0.2, 0) is 0 Å². The van der Waals surface area contributed by atoms with Crippen LogP contribution >= 0.6 is 12.4 Å². The minimum atomic E-state index is 0. The monoisotopic (exact) mass is 348 g/mol. The van der Waals surface area contributed by atoms with Gasteiger partial charge < -0.3 is 14.7 Å². The Morgan fingerprint density at radius 1 is 1.29 bits per heavy atom. The highest BCUT2D eigenvalue weighted by Gasteiger charge is 2.29. The number of rotatable bonds is 3. The topological polar surface area (TPSA) is 71.3 Å². The largest absolute Gasteiger partial charge is 0.334 e. The number of carbonyl (C=O) groups excluding carboxylic acids is 1. The Bertz CT molecular complexity index is 712. The van der Waals surface area contributed by atoms with Crippen molar-refractivity contribution < 1.29 is 9.32 Å². The fourth-order valence-corrected chi connectivity index (χ4v) is 2.92. The van der Waals surface area contributed by atoms with Crippen LogP contribution in [0.2, 0.25) is 0 Å². The first kappa shape index (κ1) is 16.9. The number of aromatic nitrogens is 2. The van der Waals surface area contributed by atoms with E-state index in [0.29, 0.717) is 17.4 Å². The fraction of sp³-hybridized carbons (Fsp3) is 0.471. The molecular formula is C17H21ClN4O2. The molecule has 4 rings (SSSR count). The van der Waals surface area contributed by atoms with E-state index in [2.05, 4.69) is 22.4 Å². The predicted octanol–water partition coefficient (Wildman–Crippen LogP) is 2.47. The highest BCUT2D eigenvalue weighted by atomic mass is 35.5. The van der Waals surface area contributed by atoms with E-state index in [1.165, 1.54) is 0 Å². The number of hydrogen-bond donors (Lipinski definition) is 1. The van der Waals surface area contributed by atoms with Crippen molar-refractivity contribution in [3.8, 4) is 11.5 Å². The van der Waals surface area contributed by atoms with Crippen LogP contribution in [0.25, 0.3) is 11.5 Å². The fourth-order valence-electron chi connectivity index (χ4n) is 2.92. The van der Waals surface area contributed by atoms with Gasteiger partial charge in [-0.25, -0.2) is 0 Å². The Balaban J connectivity index is 0.00000169. The normalized spacial score (nSPS) is 20.5. The van der Waals surface area contributed by atoms with E-state index in [0.717, 1.165) is 43.9 Å². The van der Waals surface area contributed by atoms with Crippen LogP contribution in [0.5, 0.6) is 0 Å². The van der Waals surface area contributed by atoms with Crippen LogP contribution in [0.4, 0.5) is 0 Å². The van der Waals surface area contributed by atoms with E-state index < -0.39 is 0 Å². The number of nitrogens with one attached hydrogen (secondary N) is 1. The van der Waals surface area contributed by atoms with Gasteiger partial charge in [-0.05, 0) is 44.0 Å². The molecule has 0 radical (unpaired) electrons. The van der Waals surface area contributed by atoms with Gasteiger partial charge in [0.25, 0.3) is 11.8 Å². The average Bonchev–Trinajstić information content (AvgIpc) is 3.32. The highest BCUT2D eigenvalue weighted by Crippen LogP contribution is 2.38. The Kier molecular flexibility index (Phi) is 4.87. The van der Waals surface area contributed by atoms with E-state index in [4.69, 9.17) is 4.52 Å². The van der Waals surface area contributed by atoms with Crippen molar-refractivity contribution in [3.63, 3.8) is 0 Å². The molecule has 1 saturated heterocycles. The maximum absolute atomic E-state index is 12.6. The minimum absolute atomic E-state index is 0. The summed E-state index contributed by atoms with van der Waals surface area (Å²) < 4.78 is 5.32. The van der Waals surface area contributed by atoms with Crippen LogP contribution in [-0.4, -0.2) is 46.6 Å². The Hall–Kier alpha value is -1.92. The van der Waals surface area contributed by atoms with E-state index in [1.54, 1.807) is 0 Å². The number of carbonyl (C=O) groups is 1. The molecule has 0 spiro atoms. The summed E-state index contributed by atoms with van der Waals surface area (Å²) in [4.78, 5) is 19.0. The zero-order chi connectivity index (χ0) is 15.8. The third-order valence-corrected chi connectivity index (χ3v) is 4.53. The summed E-state index contributed by atoms with van der Waals surface area (Å²) in [5.74, 6) is 1.88. The number of amides is 1. The third kappa shape index (κ3) is 3.30. The molecule has 128 valence electrons. The molecule has 1 aliphatic heterocycles. The van der Waals surface area contributed by atoms with Crippen molar-refractivity contribution in [1.29, 1.82) is 0 Å². The van der Waals surface area contributed by atoms with Gasteiger partial charge in [0, 0.05) is 42.7 Å². The molecule has 6 nitrogen and oxygen atoms in total. The molecule has 0 bridgehead atoms. The van der Waals surface area contributed by atoms with Gasteiger partial charge in [0.05, 0.1) is 0 Å². The summed E-state index contributed by atoms with van der Waals surface area (Å²) in [5, 5.41) is 7.32. The van der Waals surface area contributed by atoms with Crippen molar-refractivity contribution in [3.05, 3.63) is 35.7 Å². The molecule has 24 heavy (non-hydrogen) atoms. The van der Waals surface area contributed by atoms with Crippen LogP contribution in [0.3, 0.4) is 0 Å². The second-order valence-corrected chi connectivity index (χ2v) is 6.36. The van der Waals surface area contributed by atoms with E-state index in [-0.39, 0.29) is 24.4 Å². The van der Waals surface area contributed by atoms with Gasteiger partial charge in [0.2, 0.25) is 0 Å². The van der Waals surface area contributed by atoms with Gasteiger partial charge in [-0.1, -0.05) is 5.16 Å². The molecule has 2 aromatic rings. The molecule has 2 heterocycles. The van der Waals surface area contributed by atoms with Crippen molar-refractivity contribution in [2.75, 3.05) is 19.6 Å². The number of piperazine rings is 1. The predicted molar refractivity (Wildman–Crippen MR) is 92.3 cm³/mol. The van der Waals surface area contributed by atoms with Crippen LogP contribution in [0.15, 0.2) is 28.8 Å². The van der Waals surface area contributed by atoms with Crippen LogP contribution in [0, 0.1) is 0 Å². The Labute approximate surface area is 147 Å². The molecule has 1 amide bonds. The van der Waals surface area contributed by atoms with Crippen molar-refractivity contribution >= 4 is 18.3 Å². The maximum atomic E-state index is 12.6. The highest BCUT2D eigenvalue weighted by molar-refractivity contribution is 5.94. The second-order valence-electron chi connectivity index (χ2n) is 6.36. The first-order valence-electron chi connectivity index (χ1n) is 8.18. The summed E-state index contributed by atoms with van der Waals surface area (Å²) in [6.45, 7) is 4.50. The summed E-state index contributed by atoms with van der Waals surface area (Å²) in [5.41, 5.74) is 1.55. The van der Waals surface area contributed by atoms with Crippen molar-refractivity contribution in [2.45, 2.75) is 31.7 Å². The van der Waals surface area contributed by atoms with Crippen LogP contribution in [0.1, 0.15) is 41.9 Å². The molecule has 1 saturated carbocycles. The quantitative estimate of drug-likeness (QED) is 0.922. The molecule has 0 unspecified atom stereocenters. The number of halogens is 1. The average molecular weight is 349 g/mol. The smallest absolute Gasteiger partial charge is 0.257 e. The Morgan fingerprint density at radius 3 is 2.71 bits per heavy atom. The lowest BCUT2D eigenvalue weighted by atomic mass is 10.1. The Morgan fingerprint density at radius 2 is 2.04 bits per heavy atom. The first-order valence-corrected chi connectivity index (χ1v) is 8.18. The number of benzene rings is 1. The minimum Gasteiger partial charge on any atom is -0.334 e. The van der Waals surface area contributed by atoms with Gasteiger partial charge in [-0.3, -0.25) is 4.79 Å². The van der Waals surface area contributed by atoms with Gasteiger partial charge >= 0.3 is 0 Å². The SMILES string of the molecule is C[C@H]1CNCCN1C(=O)c1ccc(-c2nc(C3CC3)no2)cc1.Cl. The summed E-state index contributed by atoms with van der Waals surface area (Å²) in [6.07, 6.45) is 2.30. The van der Waals surface area contributed by atoms with Crippen molar-refractivity contribution in [2.24, 2.45) is 0 Å². The maximum Gasteiger partial charge on any atom is 0.257 e. The molecule has 2 aliphatic rings. The lowest BCUT2D eigenvalue weighted by Gasteiger charge is -2.34. The van der Waals surface area contributed by atoms with E-state index in [9.17, 15) is 4.79 Å². The molecule has 1 aromatic heterocycles. The number of hydrogen-bond acceptors (Lipinski definition) is 5. The first-order chi connectivity index (χ1) is 11.2. The zero-order valence-corrected chi connectivity index (χ0v) is 14.4. The van der Waals surface area contributed by atoms with E-state index >= 15 is 0 Å².